The third-order valence-corrected chi connectivity index (χ3v) is 6.65. The van der Waals surface area contributed by atoms with Gasteiger partial charge < -0.3 is 9.64 Å². The van der Waals surface area contributed by atoms with Gasteiger partial charge in [0.05, 0.1) is 6.61 Å². The average molecular weight is 407 g/mol. The van der Waals surface area contributed by atoms with Crippen LogP contribution in [-0.4, -0.2) is 57.7 Å². The number of ketones is 2. The van der Waals surface area contributed by atoms with Crippen molar-refractivity contribution in [3.05, 3.63) is 46.0 Å². The number of hydrogen-bond acceptors (Lipinski definition) is 6. The summed E-state index contributed by atoms with van der Waals surface area (Å²) in [6.45, 7) is 2.92. The predicted octanol–water partition coefficient (Wildman–Crippen LogP) is 2.11. The highest BCUT2D eigenvalue weighted by Crippen LogP contribution is 2.32. The summed E-state index contributed by atoms with van der Waals surface area (Å²) in [6, 6.07) is 5.86. The number of allylic oxidation sites excluding steroid dienone is 2. The molecule has 1 aromatic carbocycles. The molecule has 1 heterocycles. The maximum absolute atomic E-state index is 13.3. The smallest absolute Gasteiger partial charge is 0.247 e. The van der Waals surface area contributed by atoms with Gasteiger partial charge in [-0.1, -0.05) is 37.1 Å². The van der Waals surface area contributed by atoms with Crippen LogP contribution in [0.4, 0.5) is 0 Å². The van der Waals surface area contributed by atoms with Gasteiger partial charge in [0.15, 0.2) is 4.91 Å². The summed E-state index contributed by atoms with van der Waals surface area (Å²) >= 11 is 0. The van der Waals surface area contributed by atoms with Crippen molar-refractivity contribution < 1.29 is 22.7 Å². The van der Waals surface area contributed by atoms with Crippen LogP contribution < -0.4 is 4.72 Å². The highest BCUT2D eigenvalue weighted by molar-refractivity contribution is 7.94. The van der Waals surface area contributed by atoms with E-state index in [1.807, 2.05) is 0 Å². The third-order valence-electron chi connectivity index (χ3n) is 5.02. The number of benzene rings is 1. The van der Waals surface area contributed by atoms with Crippen molar-refractivity contribution in [2.45, 2.75) is 38.6 Å². The van der Waals surface area contributed by atoms with E-state index in [1.165, 1.54) is 13.2 Å². The van der Waals surface area contributed by atoms with E-state index in [0.29, 0.717) is 13.1 Å². The highest BCUT2D eigenvalue weighted by Gasteiger charge is 2.41. The van der Waals surface area contributed by atoms with Crippen LogP contribution in [0.15, 0.2) is 34.9 Å². The number of nitrogens with one attached hydrogen (secondary N) is 1. The number of Topliss-reactive ketones (excluding diaryl/α,β-unsaturated/α-hetero) is 2. The molecule has 0 amide bonds. The summed E-state index contributed by atoms with van der Waals surface area (Å²) in [7, 11) is -2.73. The Bertz CT molecular complexity index is 899. The quantitative estimate of drug-likeness (QED) is 0.778. The van der Waals surface area contributed by atoms with Crippen LogP contribution in [0.25, 0.3) is 0 Å². The van der Waals surface area contributed by atoms with E-state index in [9.17, 15) is 18.0 Å². The number of sulfonamides is 1. The van der Waals surface area contributed by atoms with E-state index in [2.05, 4.69) is 4.72 Å². The zero-order valence-corrected chi connectivity index (χ0v) is 17.0. The van der Waals surface area contributed by atoms with Gasteiger partial charge in [-0.3, -0.25) is 9.59 Å². The number of ether oxygens (including phenoxy) is 1. The van der Waals surface area contributed by atoms with Gasteiger partial charge in [0.1, 0.15) is 5.70 Å². The van der Waals surface area contributed by atoms with Crippen LogP contribution >= 0.6 is 0 Å². The van der Waals surface area contributed by atoms with E-state index in [1.54, 1.807) is 30.0 Å². The molecule has 0 radical (unpaired) electrons. The van der Waals surface area contributed by atoms with E-state index < -0.39 is 32.5 Å². The Balaban J connectivity index is 2.14. The fraction of sp³-hybridized carbons (Fsp3) is 0.500. The molecule has 152 valence electrons. The maximum Gasteiger partial charge on any atom is 0.247 e. The molecule has 1 aromatic rings. The van der Waals surface area contributed by atoms with Gasteiger partial charge in [0.25, 0.3) is 0 Å². The van der Waals surface area contributed by atoms with Crippen molar-refractivity contribution in [1.82, 2.24) is 9.62 Å². The lowest BCUT2D eigenvalue weighted by Crippen LogP contribution is -2.43. The van der Waals surface area contributed by atoms with Gasteiger partial charge in [-0.15, -0.1) is 0 Å². The SMILES string of the molecule is COCC(C)NS(=O)(=O)C1=C(N2CCCCCC2)C(=O)c2ccccc2C1=O. The minimum Gasteiger partial charge on any atom is -0.383 e. The van der Waals surface area contributed by atoms with Gasteiger partial charge in [0.2, 0.25) is 21.6 Å². The zero-order valence-electron chi connectivity index (χ0n) is 16.2. The molecule has 28 heavy (non-hydrogen) atoms. The van der Waals surface area contributed by atoms with Crippen LogP contribution in [0, 0.1) is 0 Å². The van der Waals surface area contributed by atoms with Crippen LogP contribution in [0.2, 0.25) is 0 Å². The Labute approximate surface area is 165 Å². The number of fused-ring (bicyclic) bond motifs is 1. The third kappa shape index (κ3) is 4.04. The Morgan fingerprint density at radius 3 is 2.18 bits per heavy atom. The Morgan fingerprint density at radius 2 is 1.61 bits per heavy atom. The molecule has 0 aromatic heterocycles. The molecule has 1 aliphatic heterocycles. The number of rotatable bonds is 6. The molecule has 1 N–H and O–H groups in total. The molecule has 7 nitrogen and oxygen atoms in total. The monoisotopic (exact) mass is 406 g/mol. The lowest BCUT2D eigenvalue weighted by atomic mass is 9.91. The summed E-state index contributed by atoms with van der Waals surface area (Å²) in [5.41, 5.74) is 0.393. The maximum atomic E-state index is 13.3. The summed E-state index contributed by atoms with van der Waals surface area (Å²) in [6.07, 6.45) is 3.75. The summed E-state index contributed by atoms with van der Waals surface area (Å²) in [5, 5.41) is 0. The number of methoxy groups -OCH3 is 1. The fourth-order valence-electron chi connectivity index (χ4n) is 3.78. The lowest BCUT2D eigenvalue weighted by Gasteiger charge is -2.30. The van der Waals surface area contributed by atoms with Gasteiger partial charge in [-0.25, -0.2) is 13.1 Å². The molecule has 0 saturated carbocycles. The number of carbonyl (C=O) groups excluding carboxylic acids is 2. The van der Waals surface area contributed by atoms with Gasteiger partial charge in [-0.05, 0) is 19.8 Å². The molecular weight excluding hydrogens is 380 g/mol. The van der Waals surface area contributed by atoms with Gasteiger partial charge in [-0.2, -0.15) is 0 Å². The van der Waals surface area contributed by atoms with Crippen molar-refractivity contribution in [2.75, 3.05) is 26.8 Å². The molecule has 0 spiro atoms. The minimum atomic E-state index is -4.20. The number of hydrogen-bond donors (Lipinski definition) is 1. The summed E-state index contributed by atoms with van der Waals surface area (Å²) in [4.78, 5) is 27.8. The first-order valence-electron chi connectivity index (χ1n) is 9.55. The molecule has 1 fully saturated rings. The van der Waals surface area contributed by atoms with E-state index in [0.717, 1.165) is 25.7 Å². The minimum absolute atomic E-state index is 0.00252. The number of carbonyl (C=O) groups is 2. The van der Waals surface area contributed by atoms with Crippen LogP contribution in [-0.2, 0) is 14.8 Å². The van der Waals surface area contributed by atoms with Gasteiger partial charge >= 0.3 is 0 Å². The second kappa shape index (κ2) is 8.55. The molecule has 0 bridgehead atoms. The second-order valence-corrected chi connectivity index (χ2v) is 8.91. The van der Waals surface area contributed by atoms with Gasteiger partial charge in [0, 0.05) is 37.4 Å². The Kier molecular flexibility index (Phi) is 6.32. The standard InChI is InChI=1S/C20H26N2O5S/c1-14(13-27-2)21-28(25,26)20-17(22-11-7-3-4-8-12-22)18(23)15-9-5-6-10-16(15)19(20)24/h5-6,9-10,14,21H,3-4,7-8,11-13H2,1-2H3. The first-order valence-corrected chi connectivity index (χ1v) is 11.0. The van der Waals surface area contributed by atoms with Crippen LogP contribution in [0.1, 0.15) is 53.3 Å². The largest absolute Gasteiger partial charge is 0.383 e. The Hall–Kier alpha value is -2.03. The molecule has 1 atom stereocenters. The first kappa shape index (κ1) is 20.7. The topological polar surface area (TPSA) is 92.8 Å². The van der Waals surface area contributed by atoms with Crippen molar-refractivity contribution in [1.29, 1.82) is 0 Å². The molecule has 1 saturated heterocycles. The van der Waals surface area contributed by atoms with E-state index in [4.69, 9.17) is 4.74 Å². The molecule has 3 rings (SSSR count). The van der Waals surface area contributed by atoms with Crippen molar-refractivity contribution in [3.8, 4) is 0 Å². The first-order chi connectivity index (χ1) is 13.4. The average Bonchev–Trinajstić information content (AvgIpc) is 2.93. The second-order valence-electron chi connectivity index (χ2n) is 7.26. The number of nitrogens with zero attached hydrogens (tertiary/aromatic N) is 1. The van der Waals surface area contributed by atoms with Crippen molar-refractivity contribution in [3.63, 3.8) is 0 Å². The number of likely N-dealkylation sites (tertiary alicyclic amines) is 1. The van der Waals surface area contributed by atoms with E-state index in [-0.39, 0.29) is 23.4 Å². The predicted molar refractivity (Wildman–Crippen MR) is 106 cm³/mol. The molecule has 2 aliphatic rings. The molecular formula is C20H26N2O5S. The molecule has 1 aliphatic carbocycles. The summed E-state index contributed by atoms with van der Waals surface area (Å²) in [5.74, 6) is -1.04. The highest BCUT2D eigenvalue weighted by atomic mass is 32.2. The van der Waals surface area contributed by atoms with Crippen molar-refractivity contribution in [2.24, 2.45) is 0 Å². The van der Waals surface area contributed by atoms with Crippen LogP contribution in [0.3, 0.4) is 0 Å². The summed E-state index contributed by atoms with van der Waals surface area (Å²) < 4.78 is 33.8. The molecule has 8 heteroatoms. The zero-order chi connectivity index (χ0) is 20.3. The molecule has 1 unspecified atom stereocenters. The fourth-order valence-corrected chi connectivity index (χ4v) is 5.32. The Morgan fingerprint density at radius 1 is 1.04 bits per heavy atom. The normalized spacial score (nSPS) is 19.4. The lowest BCUT2D eigenvalue weighted by molar-refractivity contribution is 0.0947. The van der Waals surface area contributed by atoms with Crippen molar-refractivity contribution >= 4 is 21.6 Å². The van der Waals surface area contributed by atoms with E-state index >= 15 is 0 Å². The van der Waals surface area contributed by atoms with Crippen LogP contribution in [0.5, 0.6) is 0 Å².